The monoisotopic (exact) mass is 187 g/mol. The first kappa shape index (κ1) is 9.98. The third kappa shape index (κ3) is 2.69. The fourth-order valence-electron chi connectivity index (χ4n) is 1.38. The van der Waals surface area contributed by atoms with Gasteiger partial charge >= 0.3 is 5.97 Å². The number of hydrogen-bond acceptors (Lipinski definition) is 3. The summed E-state index contributed by atoms with van der Waals surface area (Å²) >= 11 is 0. The Morgan fingerprint density at radius 1 is 1.62 bits per heavy atom. The minimum absolute atomic E-state index is 0.167. The second-order valence-corrected chi connectivity index (χ2v) is 3.08. The van der Waals surface area contributed by atoms with E-state index in [1.54, 1.807) is 0 Å². The molecule has 1 rings (SSSR count). The van der Waals surface area contributed by atoms with E-state index >= 15 is 0 Å². The van der Waals surface area contributed by atoms with Crippen LogP contribution in [0.4, 0.5) is 0 Å². The van der Waals surface area contributed by atoms with Crippen LogP contribution in [-0.4, -0.2) is 36.2 Å². The number of hydrogen-bond donors (Lipinski definition) is 2. The number of aliphatic carboxylic acids is 1. The number of nitrogens with one attached hydrogen (secondary N) is 1. The number of ether oxygens (including phenoxy) is 1. The molecule has 0 aromatic carbocycles. The molecule has 74 valence electrons. The highest BCUT2D eigenvalue weighted by atomic mass is 16.5. The molecule has 5 nitrogen and oxygen atoms in total. The Balaban J connectivity index is 2.39. The summed E-state index contributed by atoms with van der Waals surface area (Å²) in [5, 5.41) is 11.3. The highest BCUT2D eigenvalue weighted by Crippen LogP contribution is 2.20. The molecule has 1 aliphatic rings. The van der Waals surface area contributed by atoms with Crippen molar-refractivity contribution in [3.05, 3.63) is 0 Å². The maximum atomic E-state index is 10.7. The zero-order valence-electron chi connectivity index (χ0n) is 7.45. The lowest BCUT2D eigenvalue weighted by atomic mass is 10.0. The van der Waals surface area contributed by atoms with Crippen LogP contribution in [0.1, 0.15) is 13.3 Å². The Hall–Kier alpha value is -1.10. The number of amides is 1. The lowest BCUT2D eigenvalue weighted by Gasteiger charge is -2.14. The second-order valence-electron chi connectivity index (χ2n) is 3.08. The molecule has 0 radical (unpaired) electrons. The lowest BCUT2D eigenvalue weighted by Crippen LogP contribution is -2.36. The van der Waals surface area contributed by atoms with Crippen LogP contribution in [0, 0.1) is 5.92 Å². The van der Waals surface area contributed by atoms with Gasteiger partial charge in [0.1, 0.15) is 0 Å². The summed E-state index contributed by atoms with van der Waals surface area (Å²) in [4.78, 5) is 21.2. The van der Waals surface area contributed by atoms with Crippen LogP contribution < -0.4 is 5.32 Å². The fourth-order valence-corrected chi connectivity index (χ4v) is 1.38. The fraction of sp³-hybridized carbons (Fsp3) is 0.750. The number of carbonyl (C=O) groups excluding carboxylic acids is 1. The van der Waals surface area contributed by atoms with E-state index in [0.29, 0.717) is 13.0 Å². The molecule has 5 heteroatoms. The van der Waals surface area contributed by atoms with Crippen LogP contribution in [0.3, 0.4) is 0 Å². The number of carboxylic acids is 1. The average molecular weight is 187 g/mol. The Labute approximate surface area is 76.1 Å². The summed E-state index contributed by atoms with van der Waals surface area (Å²) in [7, 11) is 0. The van der Waals surface area contributed by atoms with Gasteiger partial charge in [-0.15, -0.1) is 0 Å². The van der Waals surface area contributed by atoms with Gasteiger partial charge in [0.15, 0.2) is 0 Å². The summed E-state index contributed by atoms with van der Waals surface area (Å²) in [5.74, 6) is -1.50. The van der Waals surface area contributed by atoms with Crippen LogP contribution in [0.15, 0.2) is 0 Å². The van der Waals surface area contributed by atoms with E-state index in [0.717, 1.165) is 0 Å². The van der Waals surface area contributed by atoms with Crippen LogP contribution in [0.2, 0.25) is 0 Å². The van der Waals surface area contributed by atoms with Crippen molar-refractivity contribution in [3.63, 3.8) is 0 Å². The molecule has 2 atom stereocenters. The van der Waals surface area contributed by atoms with E-state index in [1.165, 1.54) is 6.92 Å². The van der Waals surface area contributed by atoms with Crippen molar-refractivity contribution < 1.29 is 19.4 Å². The smallest absolute Gasteiger partial charge is 0.309 e. The van der Waals surface area contributed by atoms with Crippen molar-refractivity contribution in [2.75, 3.05) is 13.2 Å². The SMILES string of the molecule is CC(=O)NC[C@@H]1OCC[C@@H]1C(=O)O. The van der Waals surface area contributed by atoms with Crippen molar-refractivity contribution in [1.29, 1.82) is 0 Å². The summed E-state index contributed by atoms with van der Waals surface area (Å²) in [5.41, 5.74) is 0. The maximum Gasteiger partial charge on any atom is 0.309 e. The van der Waals surface area contributed by atoms with Gasteiger partial charge < -0.3 is 15.2 Å². The van der Waals surface area contributed by atoms with Crippen molar-refractivity contribution in [3.8, 4) is 0 Å². The number of carboxylic acid groups (broad SMARTS) is 1. The molecule has 1 heterocycles. The summed E-state index contributed by atoms with van der Waals surface area (Å²) in [6.45, 7) is 2.14. The minimum Gasteiger partial charge on any atom is -0.481 e. The summed E-state index contributed by atoms with van der Waals surface area (Å²) in [6, 6.07) is 0. The molecule has 0 aromatic heterocycles. The third-order valence-corrected chi connectivity index (χ3v) is 2.08. The molecule has 0 bridgehead atoms. The van der Waals surface area contributed by atoms with E-state index in [1.807, 2.05) is 0 Å². The zero-order valence-corrected chi connectivity index (χ0v) is 7.45. The molecule has 0 aromatic rings. The predicted octanol–water partition coefficient (Wildman–Crippen LogP) is -0.388. The molecule has 1 saturated heterocycles. The van der Waals surface area contributed by atoms with Crippen LogP contribution in [0.25, 0.3) is 0 Å². The quantitative estimate of drug-likeness (QED) is 0.631. The second kappa shape index (κ2) is 4.23. The van der Waals surface area contributed by atoms with Gasteiger partial charge in [-0.25, -0.2) is 0 Å². The van der Waals surface area contributed by atoms with E-state index < -0.39 is 11.9 Å². The van der Waals surface area contributed by atoms with E-state index in [4.69, 9.17) is 9.84 Å². The van der Waals surface area contributed by atoms with Gasteiger partial charge in [-0.1, -0.05) is 0 Å². The molecule has 0 saturated carbocycles. The highest BCUT2D eigenvalue weighted by molar-refractivity contribution is 5.73. The largest absolute Gasteiger partial charge is 0.481 e. The topological polar surface area (TPSA) is 75.6 Å². The molecule has 2 N–H and O–H groups in total. The predicted molar refractivity (Wildman–Crippen MR) is 44.2 cm³/mol. The van der Waals surface area contributed by atoms with Gasteiger partial charge in [0, 0.05) is 20.1 Å². The van der Waals surface area contributed by atoms with Gasteiger partial charge in [0.25, 0.3) is 0 Å². The van der Waals surface area contributed by atoms with Gasteiger partial charge in [0.2, 0.25) is 5.91 Å². The third-order valence-electron chi connectivity index (χ3n) is 2.08. The van der Waals surface area contributed by atoms with Gasteiger partial charge in [0.05, 0.1) is 12.0 Å². The Morgan fingerprint density at radius 2 is 2.31 bits per heavy atom. The van der Waals surface area contributed by atoms with Crippen molar-refractivity contribution in [2.24, 2.45) is 5.92 Å². The minimum atomic E-state index is -0.854. The summed E-state index contributed by atoms with van der Waals surface area (Å²) in [6.07, 6.45) is 0.154. The van der Waals surface area contributed by atoms with Crippen LogP contribution in [-0.2, 0) is 14.3 Å². The van der Waals surface area contributed by atoms with E-state index in [-0.39, 0.29) is 18.6 Å². The number of carbonyl (C=O) groups is 2. The zero-order chi connectivity index (χ0) is 9.84. The Kier molecular flexibility index (Phi) is 3.25. The Bertz CT molecular complexity index is 216. The highest BCUT2D eigenvalue weighted by Gasteiger charge is 2.33. The molecular weight excluding hydrogens is 174 g/mol. The van der Waals surface area contributed by atoms with E-state index in [2.05, 4.69) is 5.32 Å². The number of rotatable bonds is 3. The normalized spacial score (nSPS) is 27.2. The van der Waals surface area contributed by atoms with Crippen molar-refractivity contribution >= 4 is 11.9 Å². The van der Waals surface area contributed by atoms with Gasteiger partial charge in [-0.2, -0.15) is 0 Å². The first-order valence-corrected chi connectivity index (χ1v) is 4.20. The standard InChI is InChI=1S/C8H13NO4/c1-5(10)9-4-7-6(8(11)12)2-3-13-7/h6-7H,2-4H2,1H3,(H,9,10)(H,11,12)/t6-,7-/m0/s1. The maximum absolute atomic E-state index is 10.7. The molecule has 0 unspecified atom stereocenters. The van der Waals surface area contributed by atoms with Crippen molar-refractivity contribution in [1.82, 2.24) is 5.32 Å². The van der Waals surface area contributed by atoms with Gasteiger partial charge in [-0.05, 0) is 6.42 Å². The first-order chi connectivity index (χ1) is 6.11. The lowest BCUT2D eigenvalue weighted by molar-refractivity contribution is -0.143. The molecule has 1 aliphatic heterocycles. The van der Waals surface area contributed by atoms with Crippen LogP contribution in [0.5, 0.6) is 0 Å². The first-order valence-electron chi connectivity index (χ1n) is 4.20. The van der Waals surface area contributed by atoms with Gasteiger partial charge in [-0.3, -0.25) is 9.59 Å². The Morgan fingerprint density at radius 3 is 2.85 bits per heavy atom. The molecular formula is C8H13NO4. The molecule has 0 spiro atoms. The van der Waals surface area contributed by atoms with Crippen LogP contribution >= 0.6 is 0 Å². The molecule has 13 heavy (non-hydrogen) atoms. The summed E-state index contributed by atoms with van der Waals surface area (Å²) < 4.78 is 5.18. The molecule has 1 amide bonds. The molecule has 0 aliphatic carbocycles. The van der Waals surface area contributed by atoms with Crippen molar-refractivity contribution in [2.45, 2.75) is 19.4 Å². The molecule has 1 fully saturated rings. The van der Waals surface area contributed by atoms with E-state index in [9.17, 15) is 9.59 Å². The average Bonchev–Trinajstić information content (AvgIpc) is 2.47.